The average Bonchev–Trinajstić information content (AvgIpc) is 1.66. The quantitative estimate of drug-likeness (QED) is 0.439. The minimum absolute atomic E-state index is 0.160. The van der Waals surface area contributed by atoms with E-state index in [9.17, 15) is 0 Å². The molecule has 0 radical (unpaired) electrons. The monoisotopic (exact) mass is 116 g/mol. The first-order chi connectivity index (χ1) is 3.77. The molecule has 0 saturated carbocycles. The van der Waals surface area contributed by atoms with Crippen molar-refractivity contribution in [3.8, 4) is 0 Å². The van der Waals surface area contributed by atoms with Crippen LogP contribution in [0.1, 0.15) is 0 Å². The fraction of sp³-hybridized carbons (Fsp3) is 0.667. The number of likely N-dealkylation sites (N-methyl/N-ethyl adjacent to an activating group) is 1. The second kappa shape index (κ2) is 4.81. The molecule has 0 saturated heterocycles. The third-order valence-electron chi connectivity index (χ3n) is 0.798. The first kappa shape index (κ1) is 7.66. The Bertz CT molecular complexity index is 68.9. The summed E-state index contributed by atoms with van der Waals surface area (Å²) in [5, 5.41) is 8.28. The van der Waals surface area contributed by atoms with Crippen molar-refractivity contribution in [2.75, 3.05) is 27.2 Å². The van der Waals surface area contributed by atoms with E-state index >= 15 is 0 Å². The smallest absolute Gasteiger partial charge is 0.0954 e. The Morgan fingerprint density at radius 2 is 2.00 bits per heavy atom. The molecule has 0 unspecified atom stereocenters. The van der Waals surface area contributed by atoms with E-state index in [0.717, 1.165) is 6.54 Å². The first-order valence-electron chi connectivity index (χ1n) is 2.82. The largest absolute Gasteiger partial charge is 0.392 e. The van der Waals surface area contributed by atoms with Crippen LogP contribution in [-0.2, 0) is 0 Å². The van der Waals surface area contributed by atoms with Gasteiger partial charge in [0.2, 0.25) is 0 Å². The molecule has 2 heteroatoms. The maximum Gasteiger partial charge on any atom is 0.0954 e. The highest BCUT2D eigenvalue weighted by Gasteiger charge is 1.82. The molecule has 0 amide bonds. The van der Waals surface area contributed by atoms with Crippen LogP contribution in [0.25, 0.3) is 0 Å². The summed E-state index contributed by atoms with van der Waals surface area (Å²) >= 11 is 0. The van der Waals surface area contributed by atoms with Gasteiger partial charge in [0.25, 0.3) is 0 Å². The van der Waals surface area contributed by atoms with Crippen molar-refractivity contribution in [3.63, 3.8) is 0 Å². The molecule has 48 valence electrons. The van der Waals surface area contributed by atoms with E-state index in [1.807, 2.05) is 6.08 Å². The number of aliphatic hydroxyl groups is 1. The Morgan fingerprint density at radius 3 is 2.38 bits per heavy atom. The lowest BCUT2D eigenvalue weighted by atomic mass is 10.5. The average molecular weight is 116 g/mol. The molecule has 0 aliphatic carbocycles. The highest BCUT2D eigenvalue weighted by Crippen LogP contribution is 1.61. The molecule has 0 rings (SSSR count). The van der Waals surface area contributed by atoms with Crippen molar-refractivity contribution in [1.82, 2.24) is 0 Å². The zero-order valence-corrected chi connectivity index (χ0v) is 5.52. The molecule has 0 aromatic rings. The van der Waals surface area contributed by atoms with E-state index in [-0.39, 0.29) is 6.61 Å². The van der Waals surface area contributed by atoms with Gasteiger partial charge < -0.3 is 10.0 Å². The van der Waals surface area contributed by atoms with Crippen LogP contribution in [0.15, 0.2) is 12.2 Å². The number of quaternary nitrogens is 1. The lowest BCUT2D eigenvalue weighted by Gasteiger charge is -1.99. The number of hydrogen-bond donors (Lipinski definition) is 2. The maximum atomic E-state index is 8.28. The van der Waals surface area contributed by atoms with Crippen molar-refractivity contribution in [1.29, 1.82) is 0 Å². The molecule has 0 bridgehead atoms. The van der Waals surface area contributed by atoms with Crippen molar-refractivity contribution >= 4 is 0 Å². The molecule has 0 atom stereocenters. The minimum atomic E-state index is 0.160. The summed E-state index contributed by atoms with van der Waals surface area (Å²) < 4.78 is 0. The second-order valence-electron chi connectivity index (χ2n) is 2.07. The van der Waals surface area contributed by atoms with E-state index in [4.69, 9.17) is 5.11 Å². The molecule has 2 nitrogen and oxygen atoms in total. The van der Waals surface area contributed by atoms with Crippen LogP contribution in [0.2, 0.25) is 0 Å². The molecular formula is C6H14NO+. The molecule has 0 aliphatic rings. The van der Waals surface area contributed by atoms with Gasteiger partial charge in [0.15, 0.2) is 0 Å². The van der Waals surface area contributed by atoms with Gasteiger partial charge in [-0.1, -0.05) is 6.08 Å². The summed E-state index contributed by atoms with van der Waals surface area (Å²) in [6, 6.07) is 0. The van der Waals surface area contributed by atoms with Gasteiger partial charge in [-0.3, -0.25) is 0 Å². The third kappa shape index (κ3) is 5.66. The van der Waals surface area contributed by atoms with Gasteiger partial charge in [-0.15, -0.1) is 0 Å². The number of rotatable bonds is 3. The lowest BCUT2D eigenvalue weighted by molar-refractivity contribution is -0.851. The fourth-order valence-electron chi connectivity index (χ4n) is 0.394. The summed E-state index contributed by atoms with van der Waals surface area (Å²) in [7, 11) is 4.14. The molecule has 0 spiro atoms. The van der Waals surface area contributed by atoms with E-state index in [1.165, 1.54) is 4.90 Å². The predicted octanol–water partition coefficient (Wildman–Crippen LogP) is -1.32. The zero-order chi connectivity index (χ0) is 6.41. The Hall–Kier alpha value is -0.340. The molecule has 2 N–H and O–H groups in total. The van der Waals surface area contributed by atoms with Crippen molar-refractivity contribution < 1.29 is 10.0 Å². The van der Waals surface area contributed by atoms with Crippen LogP contribution in [-0.4, -0.2) is 32.4 Å². The standard InChI is InChI=1S/C6H13NO/c1-7(2)5-3-4-6-8/h3-4,8H,5-6H2,1-2H3/p+1/b4-3+. The van der Waals surface area contributed by atoms with E-state index < -0.39 is 0 Å². The van der Waals surface area contributed by atoms with Gasteiger partial charge >= 0.3 is 0 Å². The van der Waals surface area contributed by atoms with E-state index in [1.54, 1.807) is 6.08 Å². The molecule has 0 aromatic heterocycles. The Kier molecular flexibility index (Phi) is 4.61. The van der Waals surface area contributed by atoms with Gasteiger partial charge in [0, 0.05) is 0 Å². The van der Waals surface area contributed by atoms with Crippen molar-refractivity contribution in [2.24, 2.45) is 0 Å². The van der Waals surface area contributed by atoms with Gasteiger partial charge in [0.1, 0.15) is 0 Å². The maximum absolute atomic E-state index is 8.28. The molecule has 0 fully saturated rings. The van der Waals surface area contributed by atoms with Crippen LogP contribution in [0.4, 0.5) is 0 Å². The van der Waals surface area contributed by atoms with Gasteiger partial charge in [0.05, 0.1) is 27.2 Å². The predicted molar refractivity (Wildman–Crippen MR) is 33.9 cm³/mol. The third-order valence-corrected chi connectivity index (χ3v) is 0.798. The lowest BCUT2D eigenvalue weighted by Crippen LogP contribution is -3.05. The molecule has 0 aromatic carbocycles. The highest BCUT2D eigenvalue weighted by molar-refractivity contribution is 4.79. The highest BCUT2D eigenvalue weighted by atomic mass is 16.2. The SMILES string of the molecule is C[NH+](C)C/C=C/CO. The van der Waals surface area contributed by atoms with Crippen LogP contribution in [0, 0.1) is 0 Å². The summed E-state index contributed by atoms with van der Waals surface area (Å²) in [6.07, 6.45) is 3.72. The van der Waals surface area contributed by atoms with Gasteiger partial charge in [-0.05, 0) is 6.08 Å². The molecule has 8 heavy (non-hydrogen) atoms. The van der Waals surface area contributed by atoms with Gasteiger partial charge in [-0.2, -0.15) is 0 Å². The van der Waals surface area contributed by atoms with Crippen molar-refractivity contribution in [3.05, 3.63) is 12.2 Å². The molecule has 0 aliphatic heterocycles. The van der Waals surface area contributed by atoms with Crippen LogP contribution in [0.3, 0.4) is 0 Å². The number of aliphatic hydroxyl groups excluding tert-OH is 1. The molecule has 0 heterocycles. The summed E-state index contributed by atoms with van der Waals surface area (Å²) in [6.45, 7) is 1.15. The van der Waals surface area contributed by atoms with Crippen LogP contribution >= 0.6 is 0 Å². The number of nitrogens with one attached hydrogen (secondary N) is 1. The first-order valence-corrected chi connectivity index (χ1v) is 2.82. The van der Waals surface area contributed by atoms with Crippen LogP contribution in [0.5, 0.6) is 0 Å². The Balaban J connectivity index is 3.03. The topological polar surface area (TPSA) is 24.7 Å². The summed E-state index contributed by atoms with van der Waals surface area (Å²) in [5.74, 6) is 0. The van der Waals surface area contributed by atoms with E-state index in [0.29, 0.717) is 0 Å². The fourth-order valence-corrected chi connectivity index (χ4v) is 0.394. The second-order valence-corrected chi connectivity index (χ2v) is 2.07. The van der Waals surface area contributed by atoms with Crippen molar-refractivity contribution in [2.45, 2.75) is 0 Å². The van der Waals surface area contributed by atoms with Crippen LogP contribution < -0.4 is 4.90 Å². The van der Waals surface area contributed by atoms with E-state index in [2.05, 4.69) is 14.1 Å². The zero-order valence-electron chi connectivity index (χ0n) is 5.52. The Morgan fingerprint density at radius 1 is 1.38 bits per heavy atom. The molecular weight excluding hydrogens is 102 g/mol. The minimum Gasteiger partial charge on any atom is -0.392 e. The summed E-state index contributed by atoms with van der Waals surface area (Å²) in [5.41, 5.74) is 0. The van der Waals surface area contributed by atoms with Gasteiger partial charge in [-0.25, -0.2) is 0 Å². The Labute approximate surface area is 50.4 Å². The normalized spacial score (nSPS) is 11.5. The summed E-state index contributed by atoms with van der Waals surface area (Å²) in [4.78, 5) is 1.37. The number of hydrogen-bond acceptors (Lipinski definition) is 1.